The lowest BCUT2D eigenvalue weighted by atomic mass is 9.49. The predicted octanol–water partition coefficient (Wildman–Crippen LogP) is 3.49. The van der Waals surface area contributed by atoms with Crippen LogP contribution in [0.15, 0.2) is 4.52 Å². The number of aromatic nitrogens is 1. The van der Waals surface area contributed by atoms with Crippen molar-refractivity contribution in [3.8, 4) is 0 Å². The number of carbonyl (C=O) groups excluding carboxylic acids is 1. The molecule has 4 aliphatic rings. The molecule has 4 bridgehead atoms. The molecule has 1 aromatic heterocycles. The fraction of sp³-hybridized carbons (Fsp3) is 0.778. The van der Waals surface area contributed by atoms with Crippen LogP contribution in [0.25, 0.3) is 0 Å². The van der Waals surface area contributed by atoms with E-state index in [4.69, 9.17) is 4.52 Å². The highest BCUT2D eigenvalue weighted by molar-refractivity contribution is 5.96. The van der Waals surface area contributed by atoms with Gasteiger partial charge in [0.25, 0.3) is 5.91 Å². The molecule has 4 saturated carbocycles. The zero-order valence-corrected chi connectivity index (χ0v) is 13.7. The van der Waals surface area contributed by atoms with E-state index in [1.165, 1.54) is 38.5 Å². The van der Waals surface area contributed by atoms with Gasteiger partial charge in [0.1, 0.15) is 11.3 Å². The van der Waals surface area contributed by atoms with Crippen molar-refractivity contribution in [1.82, 2.24) is 10.5 Å². The largest absolute Gasteiger partial charge is 0.361 e. The molecule has 0 radical (unpaired) electrons. The number of nitrogens with zero attached hydrogens (tertiary/aromatic N) is 1. The molecule has 4 aliphatic carbocycles. The number of hydrogen-bond acceptors (Lipinski definition) is 3. The minimum absolute atomic E-state index is 0.00588. The van der Waals surface area contributed by atoms with Crippen LogP contribution in [0.4, 0.5) is 0 Å². The Morgan fingerprint density at radius 3 is 2.36 bits per heavy atom. The quantitative estimate of drug-likeness (QED) is 0.926. The van der Waals surface area contributed by atoms with Crippen LogP contribution in [0.3, 0.4) is 0 Å². The maximum Gasteiger partial charge on any atom is 0.256 e. The molecule has 0 aliphatic heterocycles. The van der Waals surface area contributed by atoms with E-state index in [0.717, 1.165) is 36.4 Å². The van der Waals surface area contributed by atoms with Gasteiger partial charge in [-0.05, 0) is 75.0 Å². The second-order valence-corrected chi connectivity index (χ2v) is 8.01. The summed E-state index contributed by atoms with van der Waals surface area (Å²) < 4.78 is 5.19. The molecule has 1 aromatic rings. The lowest BCUT2D eigenvalue weighted by molar-refractivity contribution is -0.0503. The van der Waals surface area contributed by atoms with Gasteiger partial charge in [0.15, 0.2) is 0 Å². The highest BCUT2D eigenvalue weighted by atomic mass is 16.5. The summed E-state index contributed by atoms with van der Waals surface area (Å²) in [5.74, 6) is 3.41. The summed E-state index contributed by atoms with van der Waals surface area (Å²) in [7, 11) is 0. The van der Waals surface area contributed by atoms with Crippen LogP contribution in [0.5, 0.6) is 0 Å². The summed E-state index contributed by atoms with van der Waals surface area (Å²) in [6.45, 7) is 4.67. The van der Waals surface area contributed by atoms with Gasteiger partial charge < -0.3 is 9.84 Å². The van der Waals surface area contributed by atoms with E-state index in [2.05, 4.69) is 10.5 Å². The Bertz CT molecular complexity index is 555. The van der Waals surface area contributed by atoms with Crippen LogP contribution in [0, 0.1) is 30.1 Å². The third kappa shape index (κ3) is 2.27. The molecule has 0 saturated heterocycles. The van der Waals surface area contributed by atoms with Gasteiger partial charge in [-0.3, -0.25) is 4.79 Å². The molecule has 4 nitrogen and oxygen atoms in total. The summed E-state index contributed by atoms with van der Waals surface area (Å²) >= 11 is 0. The van der Waals surface area contributed by atoms with Crippen LogP contribution < -0.4 is 5.32 Å². The molecule has 0 spiro atoms. The zero-order valence-electron chi connectivity index (χ0n) is 13.7. The van der Waals surface area contributed by atoms with E-state index in [9.17, 15) is 4.79 Å². The van der Waals surface area contributed by atoms with Crippen molar-refractivity contribution in [1.29, 1.82) is 0 Å². The van der Waals surface area contributed by atoms with Crippen molar-refractivity contribution >= 4 is 5.91 Å². The number of hydrogen-bond donors (Lipinski definition) is 1. The van der Waals surface area contributed by atoms with Gasteiger partial charge in [-0.1, -0.05) is 12.1 Å². The predicted molar refractivity (Wildman–Crippen MR) is 83.6 cm³/mol. The molecule has 22 heavy (non-hydrogen) atoms. The van der Waals surface area contributed by atoms with E-state index in [-0.39, 0.29) is 5.91 Å². The van der Waals surface area contributed by atoms with Crippen molar-refractivity contribution in [3.63, 3.8) is 0 Å². The van der Waals surface area contributed by atoms with Crippen LogP contribution in [-0.4, -0.2) is 17.6 Å². The zero-order chi connectivity index (χ0) is 15.3. The van der Waals surface area contributed by atoms with Gasteiger partial charge >= 0.3 is 0 Å². The minimum Gasteiger partial charge on any atom is -0.361 e. The highest BCUT2D eigenvalue weighted by Crippen LogP contribution is 2.59. The Labute approximate surface area is 132 Å². The Morgan fingerprint density at radius 1 is 1.23 bits per heavy atom. The molecule has 0 unspecified atom stereocenters. The molecule has 1 amide bonds. The van der Waals surface area contributed by atoms with Crippen LogP contribution in [-0.2, 0) is 6.42 Å². The average Bonchev–Trinajstić information content (AvgIpc) is 2.84. The smallest absolute Gasteiger partial charge is 0.256 e. The third-order valence-corrected chi connectivity index (χ3v) is 6.28. The van der Waals surface area contributed by atoms with Gasteiger partial charge in [-0.25, -0.2) is 0 Å². The molecular formula is C18H26N2O2. The van der Waals surface area contributed by atoms with Crippen LogP contribution in [0.1, 0.15) is 67.3 Å². The summed E-state index contributed by atoms with van der Waals surface area (Å²) in [6.07, 6.45) is 9.03. The van der Waals surface area contributed by atoms with E-state index in [1.807, 2.05) is 13.8 Å². The molecule has 120 valence electrons. The van der Waals surface area contributed by atoms with Crippen LogP contribution >= 0.6 is 0 Å². The molecule has 0 aromatic carbocycles. The number of carbonyl (C=O) groups is 1. The molecule has 5 rings (SSSR count). The topological polar surface area (TPSA) is 55.1 Å². The van der Waals surface area contributed by atoms with Crippen molar-refractivity contribution in [3.05, 3.63) is 17.0 Å². The SMILES string of the molecule is CCc1noc(C)c1C(=O)NCC12CC3CC(CC(C3)C1)C2. The number of amides is 1. The Hall–Kier alpha value is -1.32. The van der Waals surface area contributed by atoms with E-state index in [1.54, 1.807) is 0 Å². The van der Waals surface area contributed by atoms with Gasteiger partial charge in [0, 0.05) is 6.54 Å². The normalized spacial score (nSPS) is 35.8. The minimum atomic E-state index is 0.00588. The molecule has 0 atom stereocenters. The standard InChI is InChI=1S/C18H26N2O2/c1-3-15-16(11(2)22-20-15)17(21)19-10-18-7-12-4-13(8-18)6-14(5-12)9-18/h12-14H,3-10H2,1-2H3,(H,19,21). The molecule has 4 heteroatoms. The summed E-state index contributed by atoms with van der Waals surface area (Å²) in [5.41, 5.74) is 1.81. The van der Waals surface area contributed by atoms with Gasteiger partial charge in [-0.2, -0.15) is 0 Å². The van der Waals surface area contributed by atoms with Crippen LogP contribution in [0.2, 0.25) is 0 Å². The third-order valence-electron chi connectivity index (χ3n) is 6.28. The fourth-order valence-electron chi connectivity index (χ4n) is 5.81. The second kappa shape index (κ2) is 5.10. The van der Waals surface area contributed by atoms with Gasteiger partial charge in [0.2, 0.25) is 0 Å². The fourth-order valence-corrected chi connectivity index (χ4v) is 5.81. The lowest BCUT2D eigenvalue weighted by Gasteiger charge is -2.56. The first-order valence-electron chi connectivity index (χ1n) is 8.82. The number of rotatable bonds is 4. The Kier molecular flexibility index (Phi) is 3.31. The van der Waals surface area contributed by atoms with E-state index in [0.29, 0.717) is 16.7 Å². The summed E-state index contributed by atoms with van der Waals surface area (Å²) in [4.78, 5) is 12.6. The van der Waals surface area contributed by atoms with Crippen molar-refractivity contribution in [2.24, 2.45) is 23.2 Å². The Morgan fingerprint density at radius 2 is 1.82 bits per heavy atom. The maximum absolute atomic E-state index is 12.6. The molecule has 1 heterocycles. The first-order chi connectivity index (χ1) is 10.6. The average molecular weight is 302 g/mol. The number of aryl methyl sites for hydroxylation is 2. The molecule has 4 fully saturated rings. The van der Waals surface area contributed by atoms with Crippen molar-refractivity contribution < 1.29 is 9.32 Å². The molecule has 1 N–H and O–H groups in total. The van der Waals surface area contributed by atoms with Gasteiger partial charge in [0.05, 0.1) is 5.69 Å². The summed E-state index contributed by atoms with van der Waals surface area (Å²) in [6, 6.07) is 0. The monoisotopic (exact) mass is 302 g/mol. The van der Waals surface area contributed by atoms with E-state index >= 15 is 0 Å². The Balaban J connectivity index is 1.46. The highest BCUT2D eigenvalue weighted by Gasteiger charge is 2.50. The van der Waals surface area contributed by atoms with Gasteiger partial charge in [-0.15, -0.1) is 0 Å². The lowest BCUT2D eigenvalue weighted by Crippen LogP contribution is -2.51. The maximum atomic E-state index is 12.6. The summed E-state index contributed by atoms with van der Waals surface area (Å²) in [5, 5.41) is 7.21. The van der Waals surface area contributed by atoms with E-state index < -0.39 is 0 Å². The first kappa shape index (κ1) is 14.3. The second-order valence-electron chi connectivity index (χ2n) is 8.01. The number of nitrogens with one attached hydrogen (secondary N) is 1. The first-order valence-corrected chi connectivity index (χ1v) is 8.82. The van der Waals surface area contributed by atoms with Crippen molar-refractivity contribution in [2.75, 3.05) is 6.54 Å². The molecular weight excluding hydrogens is 276 g/mol. The van der Waals surface area contributed by atoms with Crippen molar-refractivity contribution in [2.45, 2.75) is 58.8 Å².